The Morgan fingerprint density at radius 1 is 1.25 bits per heavy atom. The molecule has 20 heavy (non-hydrogen) atoms. The van der Waals surface area contributed by atoms with E-state index in [1.165, 1.54) is 5.56 Å². The van der Waals surface area contributed by atoms with Crippen molar-refractivity contribution in [3.63, 3.8) is 0 Å². The summed E-state index contributed by atoms with van der Waals surface area (Å²) in [5.74, 6) is 0.293. The van der Waals surface area contributed by atoms with E-state index in [1.807, 2.05) is 42.6 Å². The maximum Gasteiger partial charge on any atom is 0.248 e. The minimum atomic E-state index is -0.0883. The lowest BCUT2D eigenvalue weighted by Crippen LogP contribution is -2.11. The molecule has 1 aromatic heterocycles. The molecule has 0 bridgehead atoms. The summed E-state index contributed by atoms with van der Waals surface area (Å²) in [6, 6.07) is 10.1. The first kappa shape index (κ1) is 14.5. The number of rotatable bonds is 4. The molecule has 0 aliphatic rings. The van der Waals surface area contributed by atoms with Crippen molar-refractivity contribution in [3.8, 4) is 0 Å². The van der Waals surface area contributed by atoms with Gasteiger partial charge < -0.3 is 5.32 Å². The van der Waals surface area contributed by atoms with Crippen LogP contribution in [0.2, 0.25) is 0 Å². The smallest absolute Gasteiger partial charge is 0.248 e. The second-order valence-corrected chi connectivity index (χ2v) is 6.01. The molecule has 0 unspecified atom stereocenters. The lowest BCUT2D eigenvalue weighted by molar-refractivity contribution is -0.111. The van der Waals surface area contributed by atoms with Gasteiger partial charge in [-0.05, 0) is 41.5 Å². The molecule has 3 heteroatoms. The van der Waals surface area contributed by atoms with E-state index >= 15 is 0 Å². The molecule has 1 N–H and O–H groups in total. The fourth-order valence-corrected chi connectivity index (χ4v) is 2.67. The number of aryl methyl sites for hydroxylation is 1. The zero-order valence-corrected chi connectivity index (χ0v) is 12.8. The highest BCUT2D eigenvalue weighted by molar-refractivity contribution is 7.10. The number of para-hydroxylation sites is 1. The van der Waals surface area contributed by atoms with Gasteiger partial charge in [-0.3, -0.25) is 4.79 Å². The largest absolute Gasteiger partial charge is 0.322 e. The summed E-state index contributed by atoms with van der Waals surface area (Å²) >= 11 is 1.62. The fraction of sp³-hybridized carbons (Fsp3) is 0.235. The van der Waals surface area contributed by atoms with E-state index in [2.05, 4.69) is 25.2 Å². The number of nitrogens with one attached hydrogen (secondary N) is 1. The van der Waals surface area contributed by atoms with Crippen LogP contribution in [0.15, 0.2) is 41.8 Å². The van der Waals surface area contributed by atoms with Crippen molar-refractivity contribution in [2.75, 3.05) is 5.32 Å². The lowest BCUT2D eigenvalue weighted by atomic mass is 9.98. The summed E-state index contributed by atoms with van der Waals surface area (Å²) in [5.41, 5.74) is 3.19. The van der Waals surface area contributed by atoms with Gasteiger partial charge in [0, 0.05) is 16.6 Å². The molecule has 1 aromatic carbocycles. The van der Waals surface area contributed by atoms with E-state index in [0.29, 0.717) is 5.92 Å². The minimum Gasteiger partial charge on any atom is -0.322 e. The molecular formula is C17H19NOS. The van der Waals surface area contributed by atoms with Gasteiger partial charge in [0.2, 0.25) is 5.91 Å². The molecule has 2 rings (SSSR count). The summed E-state index contributed by atoms with van der Waals surface area (Å²) in [4.78, 5) is 13.1. The number of benzene rings is 1. The third-order valence-electron chi connectivity index (χ3n) is 3.12. The van der Waals surface area contributed by atoms with Gasteiger partial charge in [0.05, 0.1) is 0 Å². The van der Waals surface area contributed by atoms with Crippen LogP contribution in [0.25, 0.3) is 6.08 Å². The normalized spacial score (nSPS) is 11.2. The van der Waals surface area contributed by atoms with Gasteiger partial charge in [0.15, 0.2) is 0 Å². The molecule has 0 saturated carbocycles. The van der Waals surface area contributed by atoms with E-state index in [-0.39, 0.29) is 5.91 Å². The van der Waals surface area contributed by atoms with Crippen LogP contribution in [-0.4, -0.2) is 5.91 Å². The van der Waals surface area contributed by atoms with Crippen LogP contribution in [0, 0.1) is 6.92 Å². The SMILES string of the molecule is Cc1cccc(C(C)C)c1NC(=O)C=Cc1cccs1. The number of amides is 1. The highest BCUT2D eigenvalue weighted by Gasteiger charge is 2.10. The third kappa shape index (κ3) is 3.58. The number of anilines is 1. The van der Waals surface area contributed by atoms with E-state index in [0.717, 1.165) is 16.1 Å². The highest BCUT2D eigenvalue weighted by Crippen LogP contribution is 2.27. The first-order valence-electron chi connectivity index (χ1n) is 6.70. The lowest BCUT2D eigenvalue weighted by Gasteiger charge is -2.15. The Labute approximate surface area is 124 Å². The molecule has 0 fully saturated rings. The maximum absolute atomic E-state index is 12.0. The van der Waals surface area contributed by atoms with E-state index in [1.54, 1.807) is 17.4 Å². The van der Waals surface area contributed by atoms with Gasteiger partial charge in [-0.2, -0.15) is 0 Å². The third-order valence-corrected chi connectivity index (χ3v) is 3.95. The van der Waals surface area contributed by atoms with Crippen molar-refractivity contribution in [2.45, 2.75) is 26.7 Å². The van der Waals surface area contributed by atoms with E-state index in [4.69, 9.17) is 0 Å². The van der Waals surface area contributed by atoms with Crippen molar-refractivity contribution in [3.05, 3.63) is 57.8 Å². The molecule has 1 amide bonds. The van der Waals surface area contributed by atoms with Gasteiger partial charge >= 0.3 is 0 Å². The van der Waals surface area contributed by atoms with Crippen LogP contribution in [0.1, 0.15) is 35.8 Å². The van der Waals surface area contributed by atoms with Crippen LogP contribution < -0.4 is 5.32 Å². The molecule has 0 aliphatic carbocycles. The molecule has 104 valence electrons. The van der Waals surface area contributed by atoms with E-state index in [9.17, 15) is 4.79 Å². The zero-order chi connectivity index (χ0) is 14.5. The van der Waals surface area contributed by atoms with Crippen molar-refractivity contribution in [2.24, 2.45) is 0 Å². The van der Waals surface area contributed by atoms with Crippen molar-refractivity contribution in [1.82, 2.24) is 0 Å². The second-order valence-electron chi connectivity index (χ2n) is 5.03. The quantitative estimate of drug-likeness (QED) is 0.801. The first-order valence-corrected chi connectivity index (χ1v) is 7.58. The number of hydrogen-bond acceptors (Lipinski definition) is 2. The Morgan fingerprint density at radius 2 is 2.05 bits per heavy atom. The zero-order valence-electron chi connectivity index (χ0n) is 12.0. The number of hydrogen-bond donors (Lipinski definition) is 1. The Morgan fingerprint density at radius 3 is 2.70 bits per heavy atom. The van der Waals surface area contributed by atoms with Crippen LogP contribution in [0.5, 0.6) is 0 Å². The van der Waals surface area contributed by atoms with Gasteiger partial charge in [-0.1, -0.05) is 38.1 Å². The molecule has 0 spiro atoms. The molecular weight excluding hydrogens is 266 g/mol. The first-order chi connectivity index (χ1) is 9.58. The van der Waals surface area contributed by atoms with Crippen LogP contribution >= 0.6 is 11.3 Å². The maximum atomic E-state index is 12.0. The second kappa shape index (κ2) is 6.53. The van der Waals surface area contributed by atoms with Gasteiger partial charge in [-0.15, -0.1) is 11.3 Å². The Bertz CT molecular complexity index is 612. The summed E-state index contributed by atoms with van der Waals surface area (Å²) in [5, 5.41) is 5.00. The molecule has 0 saturated heterocycles. The summed E-state index contributed by atoms with van der Waals surface area (Å²) in [6.45, 7) is 6.28. The monoisotopic (exact) mass is 285 g/mol. The predicted molar refractivity (Wildman–Crippen MR) is 87.3 cm³/mol. The van der Waals surface area contributed by atoms with Crippen LogP contribution in [-0.2, 0) is 4.79 Å². The summed E-state index contributed by atoms with van der Waals surface area (Å²) < 4.78 is 0. The Kier molecular flexibility index (Phi) is 4.74. The number of thiophene rings is 1. The topological polar surface area (TPSA) is 29.1 Å². The van der Waals surface area contributed by atoms with Crippen LogP contribution in [0.3, 0.4) is 0 Å². The average Bonchev–Trinajstić information content (AvgIpc) is 2.91. The van der Waals surface area contributed by atoms with Gasteiger partial charge in [-0.25, -0.2) is 0 Å². The predicted octanol–water partition coefficient (Wildman–Crippen LogP) is 4.83. The number of carbonyl (C=O) groups excluding carboxylic acids is 1. The molecule has 0 aliphatic heterocycles. The van der Waals surface area contributed by atoms with Gasteiger partial charge in [0.25, 0.3) is 0 Å². The summed E-state index contributed by atoms with van der Waals surface area (Å²) in [7, 11) is 0. The minimum absolute atomic E-state index is 0.0883. The van der Waals surface area contributed by atoms with E-state index < -0.39 is 0 Å². The van der Waals surface area contributed by atoms with Gasteiger partial charge in [0.1, 0.15) is 0 Å². The molecule has 2 aromatic rings. The highest BCUT2D eigenvalue weighted by atomic mass is 32.1. The number of carbonyl (C=O) groups is 1. The van der Waals surface area contributed by atoms with Crippen molar-refractivity contribution >= 4 is 29.0 Å². The van der Waals surface area contributed by atoms with Crippen molar-refractivity contribution in [1.29, 1.82) is 0 Å². The fourth-order valence-electron chi connectivity index (χ4n) is 2.05. The molecule has 0 atom stereocenters. The summed E-state index contributed by atoms with van der Waals surface area (Å²) in [6.07, 6.45) is 3.43. The molecule has 2 nitrogen and oxygen atoms in total. The molecule has 1 heterocycles. The Balaban J connectivity index is 2.15. The van der Waals surface area contributed by atoms with Crippen LogP contribution in [0.4, 0.5) is 5.69 Å². The standard InChI is InChI=1S/C17H19NOS/c1-12(2)15-8-4-6-13(3)17(15)18-16(19)10-9-14-7-5-11-20-14/h4-12H,1-3H3,(H,18,19). The average molecular weight is 285 g/mol. The Hall–Kier alpha value is -1.87. The van der Waals surface area contributed by atoms with Crippen molar-refractivity contribution < 1.29 is 4.79 Å². The molecule has 0 radical (unpaired) electrons.